The minimum absolute atomic E-state index is 0.222. The maximum Gasteiger partial charge on any atom is 0.133 e. The molecular formula is C16H12BrNO2. The molecule has 4 heteroatoms. The molecule has 0 saturated heterocycles. The standard InChI is InChI=1S/C16H12BrNO2/c1-20-15-8-10-6-7-18-16(12(10)9-13(15)17)11-4-2-3-5-14(11)19/h2-9,19H,1H3. The lowest BCUT2D eigenvalue weighted by molar-refractivity contribution is 0.413. The van der Waals surface area contributed by atoms with Crippen molar-refractivity contribution in [1.82, 2.24) is 4.98 Å². The highest BCUT2D eigenvalue weighted by Gasteiger charge is 2.11. The summed E-state index contributed by atoms with van der Waals surface area (Å²) in [7, 11) is 1.64. The first kappa shape index (κ1) is 12.9. The van der Waals surface area contributed by atoms with Gasteiger partial charge in [0.2, 0.25) is 0 Å². The minimum Gasteiger partial charge on any atom is -0.507 e. The molecule has 0 unspecified atom stereocenters. The molecule has 0 bridgehead atoms. The number of phenolic OH excluding ortho intramolecular Hbond substituents is 1. The van der Waals surface area contributed by atoms with Gasteiger partial charge < -0.3 is 9.84 Å². The highest BCUT2D eigenvalue weighted by Crippen LogP contribution is 2.36. The summed E-state index contributed by atoms with van der Waals surface area (Å²) in [5.74, 6) is 0.992. The van der Waals surface area contributed by atoms with Gasteiger partial charge in [-0.05, 0) is 51.6 Å². The number of ether oxygens (including phenoxy) is 1. The molecule has 3 aromatic rings. The maximum atomic E-state index is 10.0. The molecule has 1 aromatic heterocycles. The lowest BCUT2D eigenvalue weighted by Gasteiger charge is -2.10. The Balaban J connectivity index is 2.32. The van der Waals surface area contributed by atoms with Crippen LogP contribution in [0, 0.1) is 0 Å². The van der Waals surface area contributed by atoms with Crippen LogP contribution in [0.2, 0.25) is 0 Å². The Morgan fingerprint density at radius 1 is 1.15 bits per heavy atom. The molecular weight excluding hydrogens is 318 g/mol. The lowest BCUT2D eigenvalue weighted by Crippen LogP contribution is -1.89. The first-order valence-electron chi connectivity index (χ1n) is 6.11. The van der Waals surface area contributed by atoms with Crippen molar-refractivity contribution in [2.24, 2.45) is 0 Å². The van der Waals surface area contributed by atoms with Crippen LogP contribution in [0.5, 0.6) is 11.5 Å². The van der Waals surface area contributed by atoms with Gasteiger partial charge in [-0.15, -0.1) is 0 Å². The van der Waals surface area contributed by atoms with Crippen molar-refractivity contribution in [1.29, 1.82) is 0 Å². The molecule has 0 aliphatic rings. The second-order valence-corrected chi connectivity index (χ2v) is 5.24. The van der Waals surface area contributed by atoms with E-state index in [1.165, 1.54) is 0 Å². The molecule has 2 aromatic carbocycles. The maximum absolute atomic E-state index is 10.0. The van der Waals surface area contributed by atoms with E-state index in [1.54, 1.807) is 25.4 Å². The second kappa shape index (κ2) is 5.13. The molecule has 0 atom stereocenters. The normalized spacial score (nSPS) is 10.7. The number of hydrogen-bond donors (Lipinski definition) is 1. The van der Waals surface area contributed by atoms with Gasteiger partial charge in [-0.3, -0.25) is 4.98 Å². The Kier molecular flexibility index (Phi) is 3.32. The van der Waals surface area contributed by atoms with Gasteiger partial charge in [0.1, 0.15) is 11.5 Å². The van der Waals surface area contributed by atoms with Gasteiger partial charge in [0.15, 0.2) is 0 Å². The van der Waals surface area contributed by atoms with E-state index in [0.29, 0.717) is 0 Å². The molecule has 3 nitrogen and oxygen atoms in total. The van der Waals surface area contributed by atoms with Gasteiger partial charge in [0.05, 0.1) is 17.3 Å². The predicted octanol–water partition coefficient (Wildman–Crippen LogP) is 4.38. The number of nitrogens with zero attached hydrogens (tertiary/aromatic N) is 1. The van der Waals surface area contributed by atoms with Crippen LogP contribution >= 0.6 is 15.9 Å². The fourth-order valence-corrected chi connectivity index (χ4v) is 2.72. The molecule has 0 radical (unpaired) electrons. The average molecular weight is 330 g/mol. The number of hydrogen-bond acceptors (Lipinski definition) is 3. The molecule has 100 valence electrons. The molecule has 0 aliphatic heterocycles. The number of pyridine rings is 1. The monoisotopic (exact) mass is 329 g/mol. The Bertz CT molecular complexity index is 787. The topological polar surface area (TPSA) is 42.4 Å². The van der Waals surface area contributed by atoms with E-state index < -0.39 is 0 Å². The van der Waals surface area contributed by atoms with Gasteiger partial charge in [0, 0.05) is 17.1 Å². The summed E-state index contributed by atoms with van der Waals surface area (Å²) in [6.07, 6.45) is 1.73. The third-order valence-electron chi connectivity index (χ3n) is 3.20. The number of aromatic hydroxyl groups is 1. The van der Waals surface area contributed by atoms with Gasteiger partial charge >= 0.3 is 0 Å². The summed E-state index contributed by atoms with van der Waals surface area (Å²) in [6, 6.07) is 13.0. The molecule has 0 aliphatic carbocycles. The van der Waals surface area contributed by atoms with Crippen LogP contribution in [-0.4, -0.2) is 17.2 Å². The summed E-state index contributed by atoms with van der Waals surface area (Å²) in [5, 5.41) is 12.0. The van der Waals surface area contributed by atoms with E-state index in [-0.39, 0.29) is 5.75 Å². The number of benzene rings is 2. The van der Waals surface area contributed by atoms with Crippen LogP contribution in [0.1, 0.15) is 0 Å². The zero-order valence-electron chi connectivity index (χ0n) is 10.8. The largest absolute Gasteiger partial charge is 0.507 e. The van der Waals surface area contributed by atoms with E-state index in [9.17, 15) is 5.11 Å². The predicted molar refractivity (Wildman–Crippen MR) is 83.1 cm³/mol. The Morgan fingerprint density at radius 3 is 2.70 bits per heavy atom. The third kappa shape index (κ3) is 2.12. The lowest BCUT2D eigenvalue weighted by atomic mass is 10.0. The van der Waals surface area contributed by atoms with Crippen LogP contribution in [0.4, 0.5) is 0 Å². The molecule has 20 heavy (non-hydrogen) atoms. The average Bonchev–Trinajstić information content (AvgIpc) is 2.47. The Labute approximate surface area is 125 Å². The molecule has 0 spiro atoms. The molecule has 0 amide bonds. The number of halogens is 1. The number of phenols is 1. The van der Waals surface area contributed by atoms with Crippen LogP contribution < -0.4 is 4.74 Å². The smallest absolute Gasteiger partial charge is 0.133 e. The van der Waals surface area contributed by atoms with Gasteiger partial charge in [0.25, 0.3) is 0 Å². The van der Waals surface area contributed by atoms with Crippen molar-refractivity contribution in [2.75, 3.05) is 7.11 Å². The first-order valence-corrected chi connectivity index (χ1v) is 6.90. The van der Waals surface area contributed by atoms with Crippen molar-refractivity contribution in [3.63, 3.8) is 0 Å². The molecule has 3 rings (SSSR count). The van der Waals surface area contributed by atoms with E-state index in [1.807, 2.05) is 30.3 Å². The third-order valence-corrected chi connectivity index (χ3v) is 3.82. The van der Waals surface area contributed by atoms with E-state index >= 15 is 0 Å². The summed E-state index contributed by atoms with van der Waals surface area (Å²) in [6.45, 7) is 0. The quantitative estimate of drug-likeness (QED) is 0.758. The van der Waals surface area contributed by atoms with E-state index in [0.717, 1.165) is 32.3 Å². The van der Waals surface area contributed by atoms with E-state index in [2.05, 4.69) is 20.9 Å². The fraction of sp³-hybridized carbons (Fsp3) is 0.0625. The van der Waals surface area contributed by atoms with Crippen LogP contribution in [0.25, 0.3) is 22.0 Å². The highest BCUT2D eigenvalue weighted by atomic mass is 79.9. The SMILES string of the molecule is COc1cc2ccnc(-c3ccccc3O)c2cc1Br. The molecule has 0 saturated carbocycles. The van der Waals surface area contributed by atoms with Crippen molar-refractivity contribution in [3.8, 4) is 22.8 Å². The zero-order chi connectivity index (χ0) is 14.1. The van der Waals surface area contributed by atoms with Crippen molar-refractivity contribution in [2.45, 2.75) is 0 Å². The first-order chi connectivity index (χ1) is 9.70. The van der Waals surface area contributed by atoms with Gasteiger partial charge in [-0.2, -0.15) is 0 Å². The van der Waals surface area contributed by atoms with Crippen molar-refractivity contribution in [3.05, 3.63) is 53.1 Å². The van der Waals surface area contributed by atoms with Gasteiger partial charge in [-0.1, -0.05) is 12.1 Å². The van der Waals surface area contributed by atoms with E-state index in [4.69, 9.17) is 4.74 Å². The van der Waals surface area contributed by atoms with Gasteiger partial charge in [-0.25, -0.2) is 0 Å². The second-order valence-electron chi connectivity index (χ2n) is 4.38. The number of para-hydroxylation sites is 1. The molecule has 1 heterocycles. The summed E-state index contributed by atoms with van der Waals surface area (Å²) < 4.78 is 6.16. The van der Waals surface area contributed by atoms with Crippen LogP contribution in [0.15, 0.2) is 53.1 Å². The number of methoxy groups -OCH3 is 1. The van der Waals surface area contributed by atoms with Crippen LogP contribution in [-0.2, 0) is 0 Å². The summed E-state index contributed by atoms with van der Waals surface area (Å²) in [5.41, 5.74) is 1.47. The number of aromatic nitrogens is 1. The van der Waals surface area contributed by atoms with Crippen molar-refractivity contribution < 1.29 is 9.84 Å². The summed E-state index contributed by atoms with van der Waals surface area (Å²) in [4.78, 5) is 4.41. The highest BCUT2D eigenvalue weighted by molar-refractivity contribution is 9.10. The zero-order valence-corrected chi connectivity index (χ0v) is 12.4. The van der Waals surface area contributed by atoms with Crippen molar-refractivity contribution >= 4 is 26.7 Å². The van der Waals surface area contributed by atoms with Crippen LogP contribution in [0.3, 0.4) is 0 Å². The Morgan fingerprint density at radius 2 is 1.95 bits per heavy atom. The Hall–Kier alpha value is -2.07. The minimum atomic E-state index is 0.222. The molecule has 1 N–H and O–H groups in total. The fourth-order valence-electron chi connectivity index (χ4n) is 2.22. The number of fused-ring (bicyclic) bond motifs is 1. The number of rotatable bonds is 2. The molecule has 0 fully saturated rings. The summed E-state index contributed by atoms with van der Waals surface area (Å²) >= 11 is 3.49.